The summed E-state index contributed by atoms with van der Waals surface area (Å²) in [6.07, 6.45) is 0. The summed E-state index contributed by atoms with van der Waals surface area (Å²) in [4.78, 5) is 30.9. The first-order valence-electron chi connectivity index (χ1n) is 9.19. The minimum atomic E-state index is -0.0455. The maximum absolute atomic E-state index is 12.7. The summed E-state index contributed by atoms with van der Waals surface area (Å²) in [5.74, 6) is 0.810. The average Bonchev–Trinajstić information content (AvgIpc) is 3.04. The molecule has 2 aliphatic rings. The van der Waals surface area contributed by atoms with Crippen molar-refractivity contribution in [1.82, 2.24) is 9.80 Å². The van der Waals surface area contributed by atoms with E-state index >= 15 is 0 Å². The largest absolute Gasteiger partial charge is 0.497 e. The highest BCUT2D eigenvalue weighted by Gasteiger charge is 2.30. The van der Waals surface area contributed by atoms with Crippen LogP contribution in [-0.4, -0.2) is 61.4 Å². The summed E-state index contributed by atoms with van der Waals surface area (Å²) in [6, 6.07) is 15.5. The van der Waals surface area contributed by atoms with Gasteiger partial charge in [-0.1, -0.05) is 18.2 Å². The Morgan fingerprint density at radius 3 is 2.37 bits per heavy atom. The van der Waals surface area contributed by atoms with Gasteiger partial charge in [-0.05, 0) is 35.9 Å². The molecule has 2 heterocycles. The van der Waals surface area contributed by atoms with Gasteiger partial charge in [0, 0.05) is 44.0 Å². The van der Waals surface area contributed by atoms with Crippen LogP contribution in [0.2, 0.25) is 0 Å². The predicted octanol–water partition coefficient (Wildman–Crippen LogP) is 2.00. The third kappa shape index (κ3) is 3.47. The van der Waals surface area contributed by atoms with Gasteiger partial charge in [0.15, 0.2) is 0 Å². The van der Waals surface area contributed by atoms with E-state index in [0.29, 0.717) is 19.6 Å². The highest BCUT2D eigenvalue weighted by molar-refractivity contribution is 6.00. The average molecular weight is 365 g/mol. The summed E-state index contributed by atoms with van der Waals surface area (Å²) in [5, 5.41) is 0. The number of anilines is 1. The van der Waals surface area contributed by atoms with Crippen LogP contribution in [0.1, 0.15) is 15.9 Å². The lowest BCUT2D eigenvalue weighted by atomic mass is 10.1. The topological polar surface area (TPSA) is 53.1 Å². The lowest BCUT2D eigenvalue weighted by Gasteiger charge is -2.36. The Morgan fingerprint density at radius 2 is 1.70 bits per heavy atom. The molecule has 1 fully saturated rings. The first-order chi connectivity index (χ1) is 13.2. The molecule has 27 heavy (non-hydrogen) atoms. The minimum absolute atomic E-state index is 0.0190. The van der Waals surface area contributed by atoms with Crippen molar-refractivity contribution in [2.45, 2.75) is 6.54 Å². The second kappa shape index (κ2) is 7.31. The monoisotopic (exact) mass is 365 g/mol. The zero-order valence-electron chi connectivity index (χ0n) is 15.4. The molecule has 0 radical (unpaired) electrons. The van der Waals surface area contributed by atoms with Gasteiger partial charge in [0.1, 0.15) is 12.3 Å². The minimum Gasteiger partial charge on any atom is -0.497 e. The molecule has 2 aromatic rings. The molecule has 6 heteroatoms. The van der Waals surface area contributed by atoms with Crippen LogP contribution in [-0.2, 0) is 11.3 Å². The van der Waals surface area contributed by atoms with E-state index in [1.807, 2.05) is 53.4 Å². The van der Waals surface area contributed by atoms with Gasteiger partial charge in [0.25, 0.3) is 5.91 Å². The molecule has 0 N–H and O–H groups in total. The predicted molar refractivity (Wildman–Crippen MR) is 103 cm³/mol. The Hall–Kier alpha value is -3.02. The van der Waals surface area contributed by atoms with Gasteiger partial charge in [-0.15, -0.1) is 0 Å². The van der Waals surface area contributed by atoms with E-state index in [4.69, 9.17) is 4.74 Å². The van der Waals surface area contributed by atoms with Crippen LogP contribution in [0, 0.1) is 0 Å². The fourth-order valence-electron chi connectivity index (χ4n) is 3.71. The van der Waals surface area contributed by atoms with Gasteiger partial charge in [-0.2, -0.15) is 0 Å². The van der Waals surface area contributed by atoms with Crippen molar-refractivity contribution in [3.05, 3.63) is 59.7 Å². The van der Waals surface area contributed by atoms with Crippen LogP contribution in [0.15, 0.2) is 48.5 Å². The van der Waals surface area contributed by atoms with Gasteiger partial charge in [-0.25, -0.2) is 0 Å². The van der Waals surface area contributed by atoms with Crippen LogP contribution >= 0.6 is 0 Å². The Morgan fingerprint density at radius 1 is 1.00 bits per heavy atom. The summed E-state index contributed by atoms with van der Waals surface area (Å²) < 4.78 is 5.20. The molecule has 0 aliphatic carbocycles. The third-order valence-corrected chi connectivity index (χ3v) is 5.29. The van der Waals surface area contributed by atoms with Gasteiger partial charge in [0.05, 0.1) is 7.11 Å². The van der Waals surface area contributed by atoms with E-state index in [9.17, 15) is 9.59 Å². The molecule has 0 spiro atoms. The van der Waals surface area contributed by atoms with Gasteiger partial charge in [-0.3, -0.25) is 9.59 Å². The van der Waals surface area contributed by atoms with Crippen LogP contribution in [0.5, 0.6) is 5.75 Å². The number of nitrogens with zero attached hydrogens (tertiary/aromatic N) is 3. The summed E-state index contributed by atoms with van der Waals surface area (Å²) in [7, 11) is 1.66. The van der Waals surface area contributed by atoms with Crippen molar-refractivity contribution in [2.75, 3.05) is 44.7 Å². The number of ether oxygens (including phenoxy) is 1. The van der Waals surface area contributed by atoms with Crippen molar-refractivity contribution in [3.8, 4) is 5.75 Å². The number of hydrogen-bond acceptors (Lipinski definition) is 4. The van der Waals surface area contributed by atoms with Crippen molar-refractivity contribution in [3.63, 3.8) is 0 Å². The fraction of sp³-hybridized carbons (Fsp3) is 0.333. The normalized spacial score (nSPS) is 16.5. The molecular weight excluding hydrogens is 342 g/mol. The lowest BCUT2D eigenvalue weighted by molar-refractivity contribution is -0.132. The molecule has 0 bridgehead atoms. The maximum atomic E-state index is 12.7. The zero-order chi connectivity index (χ0) is 18.8. The second-order valence-corrected chi connectivity index (χ2v) is 6.88. The van der Waals surface area contributed by atoms with E-state index in [-0.39, 0.29) is 18.4 Å². The summed E-state index contributed by atoms with van der Waals surface area (Å²) in [5.41, 5.74) is 2.85. The van der Waals surface area contributed by atoms with Crippen molar-refractivity contribution >= 4 is 17.5 Å². The van der Waals surface area contributed by atoms with E-state index in [1.165, 1.54) is 0 Å². The SMILES string of the molecule is COc1ccc(N2CCN(C(=O)CN3Cc4ccccc4C3=O)CC2)cc1. The summed E-state index contributed by atoms with van der Waals surface area (Å²) in [6.45, 7) is 3.57. The number of benzene rings is 2. The standard InChI is InChI=1S/C21H23N3O3/c1-27-18-8-6-17(7-9-18)22-10-12-23(13-11-22)20(25)15-24-14-16-4-2-3-5-19(16)21(24)26/h2-9H,10-15H2,1H3. The van der Waals surface area contributed by atoms with Crippen molar-refractivity contribution in [2.24, 2.45) is 0 Å². The molecule has 0 atom stereocenters. The highest BCUT2D eigenvalue weighted by atomic mass is 16.5. The number of amides is 2. The Balaban J connectivity index is 1.32. The molecule has 2 aromatic carbocycles. The van der Waals surface area contributed by atoms with Gasteiger partial charge < -0.3 is 19.4 Å². The molecule has 6 nitrogen and oxygen atoms in total. The third-order valence-electron chi connectivity index (χ3n) is 5.29. The summed E-state index contributed by atoms with van der Waals surface area (Å²) >= 11 is 0. The quantitative estimate of drug-likeness (QED) is 0.832. The van der Waals surface area contributed by atoms with Crippen LogP contribution in [0.25, 0.3) is 0 Å². The number of carbonyl (C=O) groups is 2. The van der Waals surface area contributed by atoms with Gasteiger partial charge >= 0.3 is 0 Å². The first-order valence-corrected chi connectivity index (χ1v) is 9.19. The molecule has 140 valence electrons. The van der Waals surface area contributed by atoms with Crippen molar-refractivity contribution < 1.29 is 14.3 Å². The number of methoxy groups -OCH3 is 1. The number of piperazine rings is 1. The second-order valence-electron chi connectivity index (χ2n) is 6.88. The molecule has 2 amide bonds. The van der Waals surface area contributed by atoms with E-state index in [1.54, 1.807) is 12.0 Å². The molecule has 2 aliphatic heterocycles. The number of rotatable bonds is 4. The highest BCUT2D eigenvalue weighted by Crippen LogP contribution is 2.23. The number of fused-ring (bicyclic) bond motifs is 1. The van der Waals surface area contributed by atoms with Crippen LogP contribution < -0.4 is 9.64 Å². The van der Waals surface area contributed by atoms with E-state index < -0.39 is 0 Å². The van der Waals surface area contributed by atoms with E-state index in [2.05, 4.69) is 4.90 Å². The smallest absolute Gasteiger partial charge is 0.254 e. The zero-order valence-corrected chi connectivity index (χ0v) is 15.4. The molecule has 4 rings (SSSR count). The number of carbonyl (C=O) groups excluding carboxylic acids is 2. The van der Waals surface area contributed by atoms with Crippen LogP contribution in [0.3, 0.4) is 0 Å². The van der Waals surface area contributed by atoms with Gasteiger partial charge in [0.2, 0.25) is 5.91 Å². The Kier molecular flexibility index (Phi) is 4.71. The molecule has 1 saturated heterocycles. The van der Waals surface area contributed by atoms with Crippen molar-refractivity contribution in [1.29, 1.82) is 0 Å². The van der Waals surface area contributed by atoms with E-state index in [0.717, 1.165) is 35.7 Å². The molecule has 0 aromatic heterocycles. The molecular formula is C21H23N3O3. The maximum Gasteiger partial charge on any atom is 0.254 e. The van der Waals surface area contributed by atoms with Crippen LogP contribution in [0.4, 0.5) is 5.69 Å². The molecule has 0 saturated carbocycles. The fourth-order valence-corrected chi connectivity index (χ4v) is 3.71. The number of hydrogen-bond donors (Lipinski definition) is 0. The first kappa shape index (κ1) is 17.4. The lowest BCUT2D eigenvalue weighted by Crippen LogP contribution is -2.51. The Labute approximate surface area is 158 Å². The Bertz CT molecular complexity index is 842. The molecule has 0 unspecified atom stereocenters.